The molecule has 1 aliphatic rings. The first-order valence-electron chi connectivity index (χ1n) is 12.8. The van der Waals surface area contributed by atoms with E-state index in [2.05, 4.69) is 51.0 Å². The van der Waals surface area contributed by atoms with Gasteiger partial charge < -0.3 is 19.6 Å². The number of carbonyl (C=O) groups is 1. The molecule has 0 aliphatic carbocycles. The molecule has 3 aromatic heterocycles. The Labute approximate surface area is 225 Å². The molecule has 8 heteroatoms. The summed E-state index contributed by atoms with van der Waals surface area (Å²) in [6, 6.07) is 13.9. The van der Waals surface area contributed by atoms with E-state index < -0.39 is 0 Å². The fourth-order valence-electron chi connectivity index (χ4n) is 5.48. The highest BCUT2D eigenvalue weighted by molar-refractivity contribution is 6.12. The average molecular weight is 522 g/mol. The zero-order valence-electron chi connectivity index (χ0n) is 22.3. The number of anilines is 1. The first kappa shape index (κ1) is 24.6. The Bertz CT molecular complexity index is 1800. The molecule has 0 saturated heterocycles. The number of allylic oxidation sites excluding steroid dienone is 1. The molecular formula is C31H28FN5O2. The molecule has 0 atom stereocenters. The van der Waals surface area contributed by atoms with E-state index >= 15 is 0 Å². The normalized spacial score (nSPS) is 12.2. The van der Waals surface area contributed by atoms with Crippen molar-refractivity contribution in [2.75, 3.05) is 19.4 Å². The van der Waals surface area contributed by atoms with Crippen LogP contribution in [0, 0.1) is 12.7 Å². The summed E-state index contributed by atoms with van der Waals surface area (Å²) in [5.41, 5.74) is 10.2. The zero-order valence-corrected chi connectivity index (χ0v) is 22.3. The highest BCUT2D eigenvalue weighted by Crippen LogP contribution is 2.41. The predicted octanol–water partition coefficient (Wildman–Crippen LogP) is 6.46. The molecule has 196 valence electrons. The summed E-state index contributed by atoms with van der Waals surface area (Å²) in [6.07, 6.45) is 0.794. The smallest absolute Gasteiger partial charge is 0.255 e. The highest BCUT2D eigenvalue weighted by atomic mass is 19.1. The fourth-order valence-corrected chi connectivity index (χ4v) is 5.48. The summed E-state index contributed by atoms with van der Waals surface area (Å²) in [5.74, 6) is -0.284. The van der Waals surface area contributed by atoms with Crippen LogP contribution in [-0.2, 0) is 13.0 Å². The largest absolute Gasteiger partial charge is 0.455 e. The lowest BCUT2D eigenvalue weighted by Crippen LogP contribution is -2.18. The zero-order chi connectivity index (χ0) is 27.4. The first-order valence-corrected chi connectivity index (χ1v) is 12.8. The van der Waals surface area contributed by atoms with Crippen LogP contribution < -0.4 is 10.6 Å². The van der Waals surface area contributed by atoms with Crippen LogP contribution >= 0.6 is 0 Å². The van der Waals surface area contributed by atoms with Gasteiger partial charge in [-0.1, -0.05) is 6.58 Å². The van der Waals surface area contributed by atoms with Crippen molar-refractivity contribution in [3.8, 4) is 33.8 Å². The maximum atomic E-state index is 13.6. The summed E-state index contributed by atoms with van der Waals surface area (Å²) >= 11 is 0. The Hall–Kier alpha value is -4.72. The van der Waals surface area contributed by atoms with Crippen LogP contribution in [-0.4, -0.2) is 34.8 Å². The third-order valence-corrected chi connectivity index (χ3v) is 7.48. The number of aryl methyl sites for hydroxylation is 1. The molecular weight excluding hydrogens is 493 g/mol. The van der Waals surface area contributed by atoms with E-state index in [1.807, 2.05) is 26.1 Å². The Morgan fingerprint density at radius 2 is 1.85 bits per heavy atom. The molecule has 0 spiro atoms. The van der Waals surface area contributed by atoms with Gasteiger partial charge in [0.25, 0.3) is 5.91 Å². The van der Waals surface area contributed by atoms with Crippen LogP contribution in [0.25, 0.3) is 50.4 Å². The predicted molar refractivity (Wildman–Crippen MR) is 152 cm³/mol. The van der Waals surface area contributed by atoms with Crippen molar-refractivity contribution in [2.24, 2.45) is 0 Å². The molecule has 39 heavy (non-hydrogen) atoms. The van der Waals surface area contributed by atoms with E-state index in [0.717, 1.165) is 52.3 Å². The van der Waals surface area contributed by atoms with Gasteiger partial charge in [-0.25, -0.2) is 4.39 Å². The number of rotatable bonds is 5. The van der Waals surface area contributed by atoms with Crippen molar-refractivity contribution in [1.29, 1.82) is 0 Å². The molecule has 6 rings (SSSR count). The summed E-state index contributed by atoms with van der Waals surface area (Å²) in [7, 11) is 3.40. The number of nitrogens with zero attached hydrogens (tertiary/aromatic N) is 3. The molecule has 2 aromatic carbocycles. The van der Waals surface area contributed by atoms with Gasteiger partial charge in [0, 0.05) is 66.6 Å². The number of aromatic nitrogens is 3. The van der Waals surface area contributed by atoms with Gasteiger partial charge in [-0.05, 0) is 67.4 Å². The van der Waals surface area contributed by atoms with Crippen molar-refractivity contribution < 1.29 is 13.6 Å². The number of hydrogen-bond acceptors (Lipinski definition) is 5. The van der Waals surface area contributed by atoms with Crippen molar-refractivity contribution in [3.63, 3.8) is 0 Å². The van der Waals surface area contributed by atoms with Crippen molar-refractivity contribution in [1.82, 2.24) is 20.1 Å². The summed E-state index contributed by atoms with van der Waals surface area (Å²) in [6.45, 7) is 9.14. The van der Waals surface area contributed by atoms with Gasteiger partial charge in [-0.2, -0.15) is 10.2 Å². The lowest BCUT2D eigenvalue weighted by atomic mass is 9.98. The minimum absolute atomic E-state index is 0.298. The van der Waals surface area contributed by atoms with E-state index in [4.69, 9.17) is 4.42 Å². The maximum absolute atomic E-state index is 13.6. The van der Waals surface area contributed by atoms with Gasteiger partial charge in [-0.3, -0.25) is 4.79 Å². The maximum Gasteiger partial charge on any atom is 0.255 e. The van der Waals surface area contributed by atoms with Gasteiger partial charge in [0.15, 0.2) is 0 Å². The molecule has 0 fully saturated rings. The number of carbonyl (C=O) groups excluding carboxylic acids is 1. The van der Waals surface area contributed by atoms with E-state index in [-0.39, 0.29) is 11.7 Å². The van der Waals surface area contributed by atoms with Gasteiger partial charge in [0.1, 0.15) is 17.2 Å². The van der Waals surface area contributed by atoms with Gasteiger partial charge >= 0.3 is 0 Å². The van der Waals surface area contributed by atoms with Crippen molar-refractivity contribution >= 4 is 28.1 Å². The molecule has 4 heterocycles. The van der Waals surface area contributed by atoms with Crippen LogP contribution in [0.2, 0.25) is 0 Å². The Kier molecular flexibility index (Phi) is 5.83. The van der Waals surface area contributed by atoms with Crippen molar-refractivity contribution in [2.45, 2.75) is 26.8 Å². The second kappa shape index (κ2) is 9.23. The second-order valence-electron chi connectivity index (χ2n) is 9.84. The standard InChI is InChI=1S/C31H28FN5O2/c1-16(2)20-14-27-22-13-26(36-35-24(22)10-11-37(27)17(20)3)21-12-23-28(15-25(21)33-4)39-30(29(23)31(38)34-5)18-6-8-19(32)9-7-18/h6-9,12-15,33H,1,10-11H2,2-5H3,(H,34,38). The third-order valence-electron chi connectivity index (χ3n) is 7.48. The Morgan fingerprint density at radius 3 is 2.54 bits per heavy atom. The lowest BCUT2D eigenvalue weighted by molar-refractivity contribution is 0.0964. The fraction of sp³-hybridized carbons (Fsp3) is 0.194. The van der Waals surface area contributed by atoms with Gasteiger partial charge in [0.2, 0.25) is 0 Å². The minimum Gasteiger partial charge on any atom is -0.455 e. The molecule has 1 aliphatic heterocycles. The molecule has 1 amide bonds. The van der Waals surface area contributed by atoms with E-state index in [9.17, 15) is 9.18 Å². The Morgan fingerprint density at radius 1 is 1.08 bits per heavy atom. The molecule has 2 N–H and O–H groups in total. The number of fused-ring (bicyclic) bond motifs is 4. The Balaban J connectivity index is 1.56. The molecule has 7 nitrogen and oxygen atoms in total. The van der Waals surface area contributed by atoms with Crippen LogP contribution in [0.5, 0.6) is 0 Å². The lowest BCUT2D eigenvalue weighted by Gasteiger charge is -2.20. The van der Waals surface area contributed by atoms with Crippen LogP contribution in [0.4, 0.5) is 10.1 Å². The number of furan rings is 1. The molecule has 0 unspecified atom stereocenters. The number of amides is 1. The van der Waals surface area contributed by atoms with E-state index in [1.54, 1.807) is 19.2 Å². The number of nitrogens with one attached hydrogen (secondary N) is 2. The van der Waals surface area contributed by atoms with Crippen LogP contribution in [0.3, 0.4) is 0 Å². The van der Waals surface area contributed by atoms with E-state index in [0.29, 0.717) is 33.6 Å². The molecule has 0 bridgehead atoms. The SMILES string of the molecule is C=C(C)c1cc2n(c1C)CCc1nnc(-c3cc4c(C(=O)NC)c(-c5ccc(F)cc5)oc4cc3NC)cc1-2. The minimum atomic E-state index is -0.362. The molecule has 0 radical (unpaired) electrons. The number of hydrogen-bond donors (Lipinski definition) is 2. The van der Waals surface area contributed by atoms with Crippen LogP contribution in [0.1, 0.15) is 34.2 Å². The van der Waals surface area contributed by atoms with E-state index in [1.165, 1.54) is 17.8 Å². The monoisotopic (exact) mass is 521 g/mol. The molecule has 0 saturated carbocycles. The number of halogens is 1. The summed E-state index contributed by atoms with van der Waals surface area (Å²) in [4.78, 5) is 13.1. The summed E-state index contributed by atoms with van der Waals surface area (Å²) in [5, 5.41) is 15.8. The summed E-state index contributed by atoms with van der Waals surface area (Å²) < 4.78 is 22.1. The number of benzene rings is 2. The highest BCUT2D eigenvalue weighted by Gasteiger charge is 2.26. The van der Waals surface area contributed by atoms with Crippen molar-refractivity contribution in [3.05, 3.63) is 83.4 Å². The van der Waals surface area contributed by atoms with Gasteiger partial charge in [0.05, 0.1) is 22.6 Å². The van der Waals surface area contributed by atoms with Gasteiger partial charge in [-0.15, -0.1) is 0 Å². The molecule has 5 aromatic rings. The topological polar surface area (TPSA) is 85.0 Å². The second-order valence-corrected chi connectivity index (χ2v) is 9.84. The first-order chi connectivity index (χ1) is 18.8. The van der Waals surface area contributed by atoms with Crippen LogP contribution in [0.15, 0.2) is 59.5 Å². The average Bonchev–Trinajstić information content (AvgIpc) is 3.49. The quantitative estimate of drug-likeness (QED) is 0.277. The third kappa shape index (κ3) is 3.91.